The van der Waals surface area contributed by atoms with Crippen LogP contribution in [0.5, 0.6) is 0 Å². The van der Waals surface area contributed by atoms with Crippen LogP contribution in [-0.2, 0) is 14.3 Å². The van der Waals surface area contributed by atoms with Crippen LogP contribution in [0.15, 0.2) is 42.0 Å². The average Bonchev–Trinajstić information content (AvgIpc) is 3.11. The summed E-state index contributed by atoms with van der Waals surface area (Å²) in [6.07, 6.45) is 2.57. The summed E-state index contributed by atoms with van der Waals surface area (Å²) in [4.78, 5) is 30.1. The Morgan fingerprint density at radius 1 is 1.21 bits per heavy atom. The predicted octanol–water partition coefficient (Wildman–Crippen LogP) is 2.65. The summed E-state index contributed by atoms with van der Waals surface area (Å²) in [6, 6.07) is 10.5. The van der Waals surface area contributed by atoms with Gasteiger partial charge in [-0.15, -0.1) is 0 Å². The van der Waals surface area contributed by atoms with Gasteiger partial charge in [-0.25, -0.2) is 4.79 Å². The van der Waals surface area contributed by atoms with Gasteiger partial charge < -0.3 is 29.7 Å². The minimum absolute atomic E-state index is 0.0550. The normalized spacial score (nSPS) is 23.8. The molecule has 2 aliphatic rings. The molecule has 0 saturated carbocycles. The van der Waals surface area contributed by atoms with Crippen LogP contribution in [-0.4, -0.2) is 89.0 Å². The first kappa shape index (κ1) is 30.6. The molecule has 10 nitrogen and oxygen atoms in total. The van der Waals surface area contributed by atoms with Crippen LogP contribution >= 0.6 is 0 Å². The number of morpholine rings is 1. The quantitative estimate of drug-likeness (QED) is 0.260. The molecule has 0 aromatic heterocycles. The van der Waals surface area contributed by atoms with Gasteiger partial charge in [0.25, 0.3) is 5.91 Å². The second-order valence-corrected chi connectivity index (χ2v) is 11.1. The third kappa shape index (κ3) is 9.07. The highest BCUT2D eigenvalue weighted by molar-refractivity contribution is 6.41. The first-order valence-electron chi connectivity index (χ1n) is 13.7. The van der Waals surface area contributed by atoms with Crippen LogP contribution in [0.1, 0.15) is 58.6 Å². The standard InChI is InChI=1S/C28H41BN4O6/c1-20-17-33(18-21(2)38-20)28(3,4)14-23(16-30)26(34)32-13-9-8-12-24(19-32)39-27(35)31-25(15-29(36)37)22-10-6-5-7-11-22/h5-7,10-11,14,20-21,24-25,36-37H,8-9,12-13,15,17-19H2,1-4H3,(H,31,35)/t20-,21-,24+,25+/m0/s1. The number of hydrogen-bond acceptors (Lipinski definition) is 8. The van der Waals surface area contributed by atoms with E-state index in [0.717, 1.165) is 18.4 Å². The van der Waals surface area contributed by atoms with Crippen molar-refractivity contribution in [2.45, 2.75) is 83.2 Å². The lowest BCUT2D eigenvalue weighted by Gasteiger charge is -2.43. The zero-order valence-electron chi connectivity index (χ0n) is 23.4. The fraction of sp³-hybridized carbons (Fsp3) is 0.607. The summed E-state index contributed by atoms with van der Waals surface area (Å²) < 4.78 is 11.5. The Hall–Kier alpha value is -2.91. The molecule has 2 heterocycles. The maximum absolute atomic E-state index is 13.5. The van der Waals surface area contributed by atoms with E-state index in [4.69, 9.17) is 9.47 Å². The zero-order valence-corrected chi connectivity index (χ0v) is 23.4. The van der Waals surface area contributed by atoms with Gasteiger partial charge in [0, 0.05) is 31.5 Å². The topological polar surface area (TPSA) is 135 Å². The number of nitrogens with one attached hydrogen (secondary N) is 1. The van der Waals surface area contributed by atoms with E-state index in [9.17, 15) is 24.9 Å². The zero-order chi connectivity index (χ0) is 28.6. The van der Waals surface area contributed by atoms with Crippen molar-refractivity contribution in [2.24, 2.45) is 0 Å². The first-order chi connectivity index (χ1) is 18.5. The number of ether oxygens (including phenoxy) is 2. The van der Waals surface area contributed by atoms with Crippen LogP contribution in [0.25, 0.3) is 0 Å². The molecule has 4 atom stereocenters. The molecule has 11 heteroatoms. The molecule has 39 heavy (non-hydrogen) atoms. The maximum atomic E-state index is 13.5. The van der Waals surface area contributed by atoms with E-state index >= 15 is 0 Å². The van der Waals surface area contributed by atoms with Crippen molar-refractivity contribution < 1.29 is 29.1 Å². The number of nitriles is 1. The number of carbonyl (C=O) groups excluding carboxylic acids is 2. The number of nitrogens with zero attached hydrogens (tertiary/aromatic N) is 3. The third-order valence-electron chi connectivity index (χ3n) is 7.21. The van der Waals surface area contributed by atoms with Crippen molar-refractivity contribution in [3.63, 3.8) is 0 Å². The molecular formula is C28H41BN4O6. The van der Waals surface area contributed by atoms with Gasteiger partial charge >= 0.3 is 13.2 Å². The van der Waals surface area contributed by atoms with Gasteiger partial charge in [-0.1, -0.05) is 30.3 Å². The van der Waals surface area contributed by atoms with Crippen molar-refractivity contribution in [1.82, 2.24) is 15.1 Å². The van der Waals surface area contributed by atoms with E-state index in [1.807, 2.05) is 33.8 Å². The SMILES string of the molecule is C[C@H]1CN(C(C)(C)C=C(C#N)C(=O)N2CCCC[C@@H](OC(=O)N[C@H](CB(O)O)c3ccccc3)C2)C[C@H](C)O1. The minimum atomic E-state index is -1.61. The summed E-state index contributed by atoms with van der Waals surface area (Å²) in [5.74, 6) is -0.374. The van der Waals surface area contributed by atoms with Gasteiger partial charge in [-0.05, 0) is 58.6 Å². The van der Waals surface area contributed by atoms with Crippen molar-refractivity contribution in [2.75, 3.05) is 26.2 Å². The van der Waals surface area contributed by atoms with E-state index in [-0.39, 0.29) is 36.6 Å². The highest BCUT2D eigenvalue weighted by Gasteiger charge is 2.34. The monoisotopic (exact) mass is 540 g/mol. The predicted molar refractivity (Wildman–Crippen MR) is 147 cm³/mol. The number of likely N-dealkylation sites (tertiary alicyclic amines) is 1. The van der Waals surface area contributed by atoms with Gasteiger partial charge in [0.05, 0.1) is 24.8 Å². The van der Waals surface area contributed by atoms with Crippen molar-refractivity contribution in [1.29, 1.82) is 5.26 Å². The molecule has 0 spiro atoms. The fourth-order valence-electron chi connectivity index (χ4n) is 5.29. The summed E-state index contributed by atoms with van der Waals surface area (Å²) in [6.45, 7) is 10.1. The Kier molecular flexibility index (Phi) is 11.0. The molecule has 3 N–H and O–H groups in total. The molecule has 2 saturated heterocycles. The van der Waals surface area contributed by atoms with Crippen LogP contribution < -0.4 is 5.32 Å². The first-order valence-corrected chi connectivity index (χ1v) is 13.7. The van der Waals surface area contributed by atoms with E-state index in [0.29, 0.717) is 26.1 Å². The molecule has 3 rings (SSSR count). The number of benzene rings is 1. The van der Waals surface area contributed by atoms with Crippen LogP contribution in [0, 0.1) is 11.3 Å². The number of carbonyl (C=O) groups is 2. The molecule has 212 valence electrons. The van der Waals surface area contributed by atoms with Gasteiger partial charge in [0.1, 0.15) is 17.7 Å². The lowest BCUT2D eigenvalue weighted by Crippen LogP contribution is -2.54. The van der Waals surface area contributed by atoms with Gasteiger partial charge in [0.2, 0.25) is 0 Å². The Morgan fingerprint density at radius 3 is 2.49 bits per heavy atom. The molecule has 1 aromatic rings. The second kappa shape index (κ2) is 13.9. The third-order valence-corrected chi connectivity index (χ3v) is 7.21. The maximum Gasteiger partial charge on any atom is 0.453 e. The lowest BCUT2D eigenvalue weighted by atomic mass is 9.79. The molecule has 0 aliphatic carbocycles. The van der Waals surface area contributed by atoms with E-state index in [1.165, 1.54) is 0 Å². The van der Waals surface area contributed by atoms with Gasteiger partial charge in [-0.3, -0.25) is 9.69 Å². The Morgan fingerprint density at radius 2 is 1.87 bits per heavy atom. The fourth-order valence-corrected chi connectivity index (χ4v) is 5.29. The summed E-state index contributed by atoms with van der Waals surface area (Å²) >= 11 is 0. The smallest absolute Gasteiger partial charge is 0.444 e. The second-order valence-electron chi connectivity index (χ2n) is 11.1. The lowest BCUT2D eigenvalue weighted by molar-refractivity contribution is -0.128. The van der Waals surface area contributed by atoms with Gasteiger partial charge in [0.15, 0.2) is 0 Å². The van der Waals surface area contributed by atoms with Crippen LogP contribution in [0.3, 0.4) is 0 Å². The molecule has 1 aromatic carbocycles. The number of alkyl carbamates (subject to hydrolysis) is 1. The highest BCUT2D eigenvalue weighted by Crippen LogP contribution is 2.25. The largest absolute Gasteiger partial charge is 0.453 e. The van der Waals surface area contributed by atoms with Crippen LogP contribution in [0.2, 0.25) is 6.32 Å². The number of amides is 2. The Bertz CT molecular complexity index is 1030. The number of hydrogen-bond donors (Lipinski definition) is 3. The van der Waals surface area contributed by atoms with E-state index < -0.39 is 30.9 Å². The van der Waals surface area contributed by atoms with Crippen molar-refractivity contribution in [3.8, 4) is 6.07 Å². The number of rotatable bonds is 8. The van der Waals surface area contributed by atoms with E-state index in [1.54, 1.807) is 35.2 Å². The Labute approximate surface area is 231 Å². The molecule has 0 unspecified atom stereocenters. The molecule has 0 bridgehead atoms. The highest BCUT2D eigenvalue weighted by atomic mass is 16.6. The molecule has 2 aliphatic heterocycles. The van der Waals surface area contributed by atoms with Gasteiger partial charge in [-0.2, -0.15) is 5.26 Å². The van der Waals surface area contributed by atoms with Crippen molar-refractivity contribution in [3.05, 3.63) is 47.5 Å². The Balaban J connectivity index is 1.67. The summed E-state index contributed by atoms with van der Waals surface area (Å²) in [5, 5.41) is 31.6. The molecule has 0 radical (unpaired) electrons. The molecule has 2 amide bonds. The van der Waals surface area contributed by atoms with Crippen molar-refractivity contribution >= 4 is 19.1 Å². The average molecular weight is 540 g/mol. The van der Waals surface area contributed by atoms with E-state index in [2.05, 4.69) is 16.3 Å². The summed E-state index contributed by atoms with van der Waals surface area (Å²) in [7, 11) is -1.61. The minimum Gasteiger partial charge on any atom is -0.444 e. The molecule has 2 fully saturated rings. The van der Waals surface area contributed by atoms with Crippen LogP contribution in [0.4, 0.5) is 4.79 Å². The molecular weight excluding hydrogens is 499 g/mol. The summed E-state index contributed by atoms with van der Waals surface area (Å²) in [5.41, 5.74) is 0.256.